The Morgan fingerprint density at radius 1 is 1.12 bits per heavy atom. The molecule has 0 saturated heterocycles. The minimum atomic E-state index is 0.747. The topological polar surface area (TPSA) is 29.3 Å². The second-order valence-electron chi connectivity index (χ2n) is 5.26. The van der Waals surface area contributed by atoms with Gasteiger partial charge in [-0.25, -0.2) is 0 Å². The minimum absolute atomic E-state index is 0.747. The quantitative estimate of drug-likeness (QED) is 0.639. The molecule has 0 radical (unpaired) electrons. The third kappa shape index (κ3) is 3.47. The first-order valence-corrected chi connectivity index (χ1v) is 6.81. The number of nitrogens with two attached hydrogens (primary N) is 1. The molecule has 1 saturated carbocycles. The van der Waals surface area contributed by atoms with Crippen LogP contribution in [-0.4, -0.2) is 18.0 Å². The molecular weight excluding hydrogens is 208 g/mol. The van der Waals surface area contributed by atoms with Gasteiger partial charge in [-0.15, -0.1) is 0 Å². The van der Waals surface area contributed by atoms with Crippen LogP contribution in [-0.2, 0) is 6.54 Å². The van der Waals surface area contributed by atoms with E-state index in [2.05, 4.69) is 24.1 Å². The maximum absolute atomic E-state index is 6.00. The summed E-state index contributed by atoms with van der Waals surface area (Å²) in [5, 5.41) is 0. The number of nitrogen functional groups attached to an aromatic ring is 1. The predicted octanol–water partition coefficient (Wildman–Crippen LogP) is 3.42. The van der Waals surface area contributed by atoms with Gasteiger partial charge in [0.15, 0.2) is 0 Å². The van der Waals surface area contributed by atoms with Gasteiger partial charge in [0.1, 0.15) is 0 Å². The third-order valence-electron chi connectivity index (χ3n) is 3.92. The van der Waals surface area contributed by atoms with Gasteiger partial charge >= 0.3 is 0 Å². The van der Waals surface area contributed by atoms with Crippen LogP contribution in [0.15, 0.2) is 24.3 Å². The van der Waals surface area contributed by atoms with Crippen molar-refractivity contribution in [2.24, 2.45) is 0 Å². The molecular formula is C15H24N2. The first-order chi connectivity index (χ1) is 8.27. The molecule has 0 heterocycles. The Morgan fingerprint density at radius 2 is 1.76 bits per heavy atom. The van der Waals surface area contributed by atoms with Crippen LogP contribution in [0.2, 0.25) is 0 Å². The fraction of sp³-hybridized carbons (Fsp3) is 0.600. The van der Waals surface area contributed by atoms with E-state index in [9.17, 15) is 0 Å². The van der Waals surface area contributed by atoms with E-state index in [1.54, 1.807) is 0 Å². The third-order valence-corrected chi connectivity index (χ3v) is 3.92. The van der Waals surface area contributed by atoms with Gasteiger partial charge in [0.05, 0.1) is 0 Å². The number of para-hydroxylation sites is 1. The van der Waals surface area contributed by atoms with Gasteiger partial charge in [0.25, 0.3) is 0 Å². The molecule has 0 aliphatic heterocycles. The van der Waals surface area contributed by atoms with Gasteiger partial charge in [0, 0.05) is 18.3 Å². The molecule has 0 unspecified atom stereocenters. The molecule has 2 nitrogen and oxygen atoms in total. The van der Waals surface area contributed by atoms with Crippen LogP contribution in [0.3, 0.4) is 0 Å². The lowest BCUT2D eigenvalue weighted by Gasteiger charge is -2.27. The van der Waals surface area contributed by atoms with Gasteiger partial charge in [-0.05, 0) is 31.5 Å². The van der Waals surface area contributed by atoms with Crippen LogP contribution in [0.5, 0.6) is 0 Å². The Hall–Kier alpha value is -1.02. The van der Waals surface area contributed by atoms with Crippen molar-refractivity contribution in [1.82, 2.24) is 4.90 Å². The largest absolute Gasteiger partial charge is 0.398 e. The highest BCUT2D eigenvalue weighted by molar-refractivity contribution is 5.46. The van der Waals surface area contributed by atoms with Gasteiger partial charge in [0.2, 0.25) is 0 Å². The maximum atomic E-state index is 6.00. The molecule has 2 rings (SSSR count). The highest BCUT2D eigenvalue weighted by atomic mass is 15.1. The number of rotatable bonds is 3. The summed E-state index contributed by atoms with van der Waals surface area (Å²) in [6.45, 7) is 0.983. The molecule has 1 aromatic carbocycles. The number of hydrogen-bond donors (Lipinski definition) is 1. The Balaban J connectivity index is 1.95. The zero-order chi connectivity index (χ0) is 12.1. The molecule has 1 aromatic rings. The lowest BCUT2D eigenvalue weighted by Crippen LogP contribution is -2.30. The monoisotopic (exact) mass is 232 g/mol. The minimum Gasteiger partial charge on any atom is -0.398 e. The Morgan fingerprint density at radius 3 is 2.41 bits per heavy atom. The van der Waals surface area contributed by atoms with Crippen molar-refractivity contribution in [3.63, 3.8) is 0 Å². The van der Waals surface area contributed by atoms with Crippen molar-refractivity contribution in [3.8, 4) is 0 Å². The number of benzene rings is 1. The van der Waals surface area contributed by atoms with E-state index < -0.39 is 0 Å². The van der Waals surface area contributed by atoms with Crippen LogP contribution in [0, 0.1) is 0 Å². The van der Waals surface area contributed by atoms with Gasteiger partial charge < -0.3 is 5.73 Å². The van der Waals surface area contributed by atoms with Crippen LogP contribution < -0.4 is 5.73 Å². The van der Waals surface area contributed by atoms with Crippen molar-refractivity contribution in [3.05, 3.63) is 29.8 Å². The van der Waals surface area contributed by atoms with Crippen molar-refractivity contribution in [2.75, 3.05) is 12.8 Å². The van der Waals surface area contributed by atoms with Gasteiger partial charge in [-0.3, -0.25) is 4.90 Å². The lowest BCUT2D eigenvalue weighted by molar-refractivity contribution is 0.213. The fourth-order valence-electron chi connectivity index (χ4n) is 2.77. The molecule has 1 aliphatic carbocycles. The van der Waals surface area contributed by atoms with E-state index in [-0.39, 0.29) is 0 Å². The molecule has 0 atom stereocenters. The summed E-state index contributed by atoms with van der Waals surface area (Å²) in [7, 11) is 2.24. The van der Waals surface area contributed by atoms with E-state index in [1.165, 1.54) is 44.1 Å². The molecule has 0 spiro atoms. The molecule has 0 amide bonds. The smallest absolute Gasteiger partial charge is 0.0359 e. The summed E-state index contributed by atoms with van der Waals surface area (Å²) >= 11 is 0. The van der Waals surface area contributed by atoms with Crippen LogP contribution in [0.4, 0.5) is 5.69 Å². The second kappa shape index (κ2) is 6.06. The number of nitrogens with zero attached hydrogens (tertiary/aromatic N) is 1. The van der Waals surface area contributed by atoms with Crippen molar-refractivity contribution in [1.29, 1.82) is 0 Å². The molecule has 0 aromatic heterocycles. The SMILES string of the molecule is CN(Cc1ccccc1N)C1CCCCCC1. The average molecular weight is 232 g/mol. The van der Waals surface area contributed by atoms with Gasteiger partial charge in [-0.1, -0.05) is 43.9 Å². The van der Waals surface area contributed by atoms with E-state index in [1.807, 2.05) is 12.1 Å². The molecule has 17 heavy (non-hydrogen) atoms. The summed E-state index contributed by atoms with van der Waals surface area (Å²) in [5.74, 6) is 0. The normalized spacial score (nSPS) is 18.2. The summed E-state index contributed by atoms with van der Waals surface area (Å²) in [5.41, 5.74) is 8.19. The van der Waals surface area contributed by atoms with Crippen molar-refractivity contribution < 1.29 is 0 Å². The summed E-state index contributed by atoms with van der Waals surface area (Å²) in [6, 6.07) is 8.97. The zero-order valence-corrected chi connectivity index (χ0v) is 10.9. The summed E-state index contributed by atoms with van der Waals surface area (Å²) < 4.78 is 0. The van der Waals surface area contributed by atoms with Crippen molar-refractivity contribution in [2.45, 2.75) is 51.1 Å². The first kappa shape index (κ1) is 12.4. The molecule has 0 bridgehead atoms. The lowest BCUT2D eigenvalue weighted by atomic mass is 10.1. The Labute approximate surface area is 105 Å². The zero-order valence-electron chi connectivity index (χ0n) is 10.9. The number of anilines is 1. The molecule has 2 N–H and O–H groups in total. The van der Waals surface area contributed by atoms with Crippen LogP contribution >= 0.6 is 0 Å². The van der Waals surface area contributed by atoms with E-state index in [0.717, 1.165) is 18.3 Å². The average Bonchev–Trinajstić information content (AvgIpc) is 2.61. The standard InChI is InChI=1S/C15H24N2/c1-17(14-9-4-2-3-5-10-14)12-13-8-6-7-11-15(13)16/h6-8,11,14H,2-5,9-10,12,16H2,1H3. The highest BCUT2D eigenvalue weighted by Crippen LogP contribution is 2.23. The Kier molecular flexibility index (Phi) is 4.43. The predicted molar refractivity (Wildman–Crippen MR) is 73.8 cm³/mol. The molecule has 94 valence electrons. The molecule has 1 aliphatic rings. The second-order valence-corrected chi connectivity index (χ2v) is 5.26. The first-order valence-electron chi connectivity index (χ1n) is 6.81. The summed E-state index contributed by atoms with van der Waals surface area (Å²) in [4.78, 5) is 2.48. The van der Waals surface area contributed by atoms with Crippen LogP contribution in [0.1, 0.15) is 44.1 Å². The van der Waals surface area contributed by atoms with E-state index in [4.69, 9.17) is 5.73 Å². The molecule has 2 heteroatoms. The van der Waals surface area contributed by atoms with Crippen molar-refractivity contribution >= 4 is 5.69 Å². The van der Waals surface area contributed by atoms with E-state index >= 15 is 0 Å². The summed E-state index contributed by atoms with van der Waals surface area (Å²) in [6.07, 6.45) is 8.31. The maximum Gasteiger partial charge on any atom is 0.0359 e. The number of hydrogen-bond acceptors (Lipinski definition) is 2. The van der Waals surface area contributed by atoms with Crippen LogP contribution in [0.25, 0.3) is 0 Å². The molecule has 1 fully saturated rings. The van der Waals surface area contributed by atoms with Gasteiger partial charge in [-0.2, -0.15) is 0 Å². The fourth-order valence-corrected chi connectivity index (χ4v) is 2.77. The highest BCUT2D eigenvalue weighted by Gasteiger charge is 2.17. The van der Waals surface area contributed by atoms with E-state index in [0.29, 0.717) is 0 Å². The Bertz CT molecular complexity index is 341.